The number of amides is 5. The maximum Gasteiger partial charge on any atom is 0.408 e. The summed E-state index contributed by atoms with van der Waals surface area (Å²) in [4.78, 5) is 86.9. The highest BCUT2D eigenvalue weighted by Crippen LogP contribution is 2.45. The summed E-state index contributed by atoms with van der Waals surface area (Å²) in [6.45, 7) is 7.95. The number of esters is 1. The normalized spacial score (nSPS) is 23.7. The molecule has 4 N–H and O–H groups in total. The molecule has 6 atom stereocenters. The maximum atomic E-state index is 14.8. The number of carbonyl (C=O) groups excluding carboxylic acids is 6. The third kappa shape index (κ3) is 9.77. The molecule has 6 unspecified atom stereocenters. The number of carbonyl (C=O) groups is 6. The number of hydrogen-bond acceptors (Lipinski definition) is 13. The fraction of sp³-hybridized carbons (Fsp3) is 0.465. The second kappa shape index (κ2) is 17.3. The van der Waals surface area contributed by atoms with Crippen LogP contribution in [0.1, 0.15) is 59.3 Å². The van der Waals surface area contributed by atoms with Crippen LogP contribution in [-0.2, 0) is 43.5 Å². The van der Waals surface area contributed by atoms with E-state index in [4.69, 9.17) is 23.9 Å². The van der Waals surface area contributed by atoms with E-state index >= 15 is 0 Å². The number of nitrogens with zero attached hydrogens (tertiary/aromatic N) is 2. The number of pyridine rings is 1. The molecule has 2 saturated carbocycles. The van der Waals surface area contributed by atoms with Gasteiger partial charge < -0.3 is 39.8 Å². The van der Waals surface area contributed by atoms with Crippen molar-refractivity contribution in [2.24, 2.45) is 5.92 Å². The first-order chi connectivity index (χ1) is 29.4. The zero-order chi connectivity index (χ0) is 44.6. The minimum Gasteiger partial charge on any atom is -0.497 e. The molecule has 18 nitrogen and oxygen atoms in total. The molecule has 2 saturated heterocycles. The summed E-state index contributed by atoms with van der Waals surface area (Å²) in [5, 5.41) is 7.74. The van der Waals surface area contributed by atoms with E-state index in [0.29, 0.717) is 40.9 Å². The van der Waals surface area contributed by atoms with Gasteiger partial charge >= 0.3 is 12.1 Å². The smallest absolute Gasteiger partial charge is 0.408 e. The fourth-order valence-electron chi connectivity index (χ4n) is 7.61. The molecular weight excluding hydrogens is 825 g/mol. The van der Waals surface area contributed by atoms with E-state index in [1.54, 1.807) is 45.0 Å². The number of nitrogens with one attached hydrogen (secondary N) is 4. The van der Waals surface area contributed by atoms with Gasteiger partial charge in [-0.25, -0.2) is 18.2 Å². The number of ether oxygens (including phenoxy) is 4. The Balaban J connectivity index is 1.21. The summed E-state index contributed by atoms with van der Waals surface area (Å²) in [5.74, 6) is -3.44. The standard InChI is InChI=1S/C43H50N6O12S/c1-6-25-21-43(25,40(54)48-62(56,57)28-13-14-28)47-37(51)33-19-27(59-35-20-30(24-10-8-7-9-11-24)45-31-18-26(58-5)12-15-29(31)35)23-49(33)39(53)32(46-41(55)61-42(2,3)4)22-44-38(52)34-16-17-36(50)60-34/h6-12,15,18,20,25,27-28,32-34H,1,13-14,16-17,19,21-23H2,2-5H3,(H,44,52)(H,46,55)(H,47,51)(H,48,54). The summed E-state index contributed by atoms with van der Waals surface area (Å²) >= 11 is 0. The van der Waals surface area contributed by atoms with Crippen LogP contribution in [0.2, 0.25) is 0 Å². The Kier molecular flexibility index (Phi) is 12.2. The first-order valence-corrected chi connectivity index (χ1v) is 21.9. The number of rotatable bonds is 15. The Morgan fingerprint density at radius 3 is 2.42 bits per heavy atom. The van der Waals surface area contributed by atoms with E-state index in [1.807, 2.05) is 30.3 Å². The Bertz CT molecular complexity index is 2400. The lowest BCUT2D eigenvalue weighted by Crippen LogP contribution is -2.60. The van der Waals surface area contributed by atoms with Crippen molar-refractivity contribution in [3.8, 4) is 22.8 Å². The van der Waals surface area contributed by atoms with Crippen LogP contribution in [0.25, 0.3) is 22.2 Å². The van der Waals surface area contributed by atoms with Gasteiger partial charge in [0.15, 0.2) is 6.10 Å². The number of likely N-dealkylation sites (tertiary alicyclic amines) is 1. The van der Waals surface area contributed by atoms with Crippen molar-refractivity contribution in [1.29, 1.82) is 0 Å². The van der Waals surface area contributed by atoms with Crippen molar-refractivity contribution in [3.63, 3.8) is 0 Å². The Morgan fingerprint density at radius 2 is 1.79 bits per heavy atom. The van der Waals surface area contributed by atoms with Gasteiger partial charge in [0.25, 0.3) is 11.8 Å². The molecule has 19 heteroatoms. The summed E-state index contributed by atoms with van der Waals surface area (Å²) in [5.41, 5.74) is -0.728. The molecule has 2 aliphatic heterocycles. The highest BCUT2D eigenvalue weighted by atomic mass is 32.2. The molecule has 0 bridgehead atoms. The molecule has 4 aliphatic rings. The summed E-state index contributed by atoms with van der Waals surface area (Å²) in [6.07, 6.45) is -0.574. The van der Waals surface area contributed by atoms with Gasteiger partial charge in [0.2, 0.25) is 21.8 Å². The van der Waals surface area contributed by atoms with Gasteiger partial charge in [-0.3, -0.25) is 28.7 Å². The van der Waals surface area contributed by atoms with Crippen LogP contribution < -0.4 is 30.1 Å². The minimum atomic E-state index is -3.99. The van der Waals surface area contributed by atoms with Crippen molar-refractivity contribution < 1.29 is 56.1 Å². The SMILES string of the molecule is C=CC1CC1(NC(=O)C1CC(Oc2cc(-c3ccccc3)nc3cc(OC)ccc23)CN1C(=O)C(CNC(=O)C1CCC(=O)O1)NC(=O)OC(C)(C)C)C(=O)NS(=O)(=O)C1CC1. The van der Waals surface area contributed by atoms with Gasteiger partial charge in [0, 0.05) is 54.8 Å². The van der Waals surface area contributed by atoms with Crippen LogP contribution in [0, 0.1) is 5.92 Å². The number of aromatic nitrogens is 1. The van der Waals surface area contributed by atoms with Crippen molar-refractivity contribution in [3.05, 3.63) is 67.3 Å². The number of hydrogen-bond donors (Lipinski definition) is 4. The molecule has 3 aromatic rings. The molecule has 0 radical (unpaired) electrons. The van der Waals surface area contributed by atoms with Gasteiger partial charge in [-0.1, -0.05) is 36.4 Å². The quantitative estimate of drug-likeness (QED) is 0.127. The lowest BCUT2D eigenvalue weighted by molar-refractivity contribution is -0.148. The van der Waals surface area contributed by atoms with Gasteiger partial charge in [0.05, 0.1) is 30.1 Å². The van der Waals surface area contributed by atoms with Crippen LogP contribution in [0.3, 0.4) is 0 Å². The van der Waals surface area contributed by atoms with E-state index in [1.165, 1.54) is 18.1 Å². The Labute approximate surface area is 358 Å². The Hall–Kier alpha value is -6.24. The second-order valence-electron chi connectivity index (χ2n) is 16.9. The summed E-state index contributed by atoms with van der Waals surface area (Å²) < 4.78 is 50.4. The summed E-state index contributed by atoms with van der Waals surface area (Å²) in [6, 6.07) is 13.6. The molecule has 5 amide bonds. The van der Waals surface area contributed by atoms with E-state index in [9.17, 15) is 37.2 Å². The van der Waals surface area contributed by atoms with Crippen LogP contribution in [0.4, 0.5) is 4.79 Å². The highest BCUT2D eigenvalue weighted by Gasteiger charge is 2.62. The monoisotopic (exact) mass is 874 g/mol. The van der Waals surface area contributed by atoms with E-state index < -0.39 is 98.9 Å². The van der Waals surface area contributed by atoms with Crippen molar-refractivity contribution in [1.82, 2.24) is 30.6 Å². The third-order valence-electron chi connectivity index (χ3n) is 11.1. The Morgan fingerprint density at radius 1 is 1.05 bits per heavy atom. The van der Waals surface area contributed by atoms with Crippen LogP contribution in [0.15, 0.2) is 67.3 Å². The lowest BCUT2D eigenvalue weighted by Gasteiger charge is -2.30. The average Bonchev–Trinajstić information content (AvgIpc) is 4.13. The van der Waals surface area contributed by atoms with Gasteiger partial charge in [-0.05, 0) is 52.2 Å². The van der Waals surface area contributed by atoms with Crippen LogP contribution >= 0.6 is 0 Å². The number of alkyl carbamates (subject to hydrolysis) is 1. The number of fused-ring (bicyclic) bond motifs is 1. The molecule has 1 aromatic heterocycles. The second-order valence-corrected chi connectivity index (χ2v) is 18.8. The molecule has 3 heterocycles. The average molecular weight is 875 g/mol. The molecule has 0 spiro atoms. The molecule has 2 aliphatic carbocycles. The van der Waals surface area contributed by atoms with E-state index in [2.05, 4.69) is 27.3 Å². The van der Waals surface area contributed by atoms with Gasteiger partial charge in [0.1, 0.15) is 40.8 Å². The zero-order valence-corrected chi connectivity index (χ0v) is 35.6. The first kappa shape index (κ1) is 43.8. The predicted molar refractivity (Wildman–Crippen MR) is 223 cm³/mol. The predicted octanol–water partition coefficient (Wildman–Crippen LogP) is 2.64. The lowest BCUT2D eigenvalue weighted by atomic mass is 10.1. The fourth-order valence-corrected chi connectivity index (χ4v) is 8.97. The number of benzene rings is 2. The molecule has 330 valence electrons. The third-order valence-corrected chi connectivity index (χ3v) is 12.9. The van der Waals surface area contributed by atoms with E-state index in [0.717, 1.165) is 5.56 Å². The number of methoxy groups -OCH3 is 1. The molecule has 7 rings (SSSR count). The minimum absolute atomic E-state index is 0.0362. The van der Waals surface area contributed by atoms with Crippen molar-refractivity contribution >= 4 is 56.6 Å². The maximum absolute atomic E-state index is 14.8. The topological polar surface area (TPSA) is 238 Å². The summed E-state index contributed by atoms with van der Waals surface area (Å²) in [7, 11) is -2.45. The first-order valence-electron chi connectivity index (χ1n) is 20.4. The number of sulfonamides is 1. The van der Waals surface area contributed by atoms with Crippen LogP contribution in [0.5, 0.6) is 11.5 Å². The van der Waals surface area contributed by atoms with Gasteiger partial charge in [-0.15, -0.1) is 6.58 Å². The van der Waals surface area contributed by atoms with Crippen molar-refractivity contribution in [2.75, 3.05) is 20.2 Å². The van der Waals surface area contributed by atoms with Crippen LogP contribution in [-0.4, -0.2) is 115 Å². The molecule has 62 heavy (non-hydrogen) atoms. The zero-order valence-electron chi connectivity index (χ0n) is 34.8. The van der Waals surface area contributed by atoms with Gasteiger partial charge in [-0.2, -0.15) is 0 Å². The molecular formula is C43H50N6O12S. The molecule has 4 fully saturated rings. The molecule has 2 aromatic carbocycles. The van der Waals surface area contributed by atoms with Crippen molar-refractivity contribution in [2.45, 2.75) is 100.0 Å². The largest absolute Gasteiger partial charge is 0.497 e. The number of cyclic esters (lactones) is 1. The van der Waals surface area contributed by atoms with E-state index in [-0.39, 0.29) is 32.2 Å². The highest BCUT2D eigenvalue weighted by molar-refractivity contribution is 7.91.